The maximum Gasteiger partial charge on any atom is 0.0839 e. The average Bonchev–Trinajstić information content (AvgIpc) is 2.38. The molecule has 0 bridgehead atoms. The van der Waals surface area contributed by atoms with Crippen molar-refractivity contribution in [2.45, 2.75) is 44.1 Å². The second kappa shape index (κ2) is 5.65. The van der Waals surface area contributed by atoms with Crippen LogP contribution in [0.4, 0.5) is 0 Å². The van der Waals surface area contributed by atoms with Crippen LogP contribution in [0.5, 0.6) is 0 Å². The summed E-state index contributed by atoms with van der Waals surface area (Å²) in [6, 6.07) is 10.5. The Balaban J connectivity index is 2.17. The van der Waals surface area contributed by atoms with E-state index in [2.05, 4.69) is 36.5 Å². The highest BCUT2D eigenvalue weighted by Crippen LogP contribution is 2.40. The van der Waals surface area contributed by atoms with Gasteiger partial charge in [0.15, 0.2) is 0 Å². The molecule has 1 aliphatic carbocycles. The summed E-state index contributed by atoms with van der Waals surface area (Å²) in [6.45, 7) is 3.72. The fourth-order valence-electron chi connectivity index (χ4n) is 2.94. The van der Waals surface area contributed by atoms with Crippen LogP contribution in [-0.4, -0.2) is 23.8 Å². The largest absolute Gasteiger partial charge is 0.388 e. The van der Waals surface area contributed by atoms with Crippen molar-refractivity contribution >= 4 is 0 Å². The summed E-state index contributed by atoms with van der Waals surface area (Å²) in [4.78, 5) is 0. The summed E-state index contributed by atoms with van der Waals surface area (Å²) >= 11 is 0. The van der Waals surface area contributed by atoms with Crippen LogP contribution in [0.15, 0.2) is 30.3 Å². The topological polar surface area (TPSA) is 32.3 Å². The normalized spacial score (nSPS) is 29.2. The second-order valence-corrected chi connectivity index (χ2v) is 5.09. The van der Waals surface area contributed by atoms with Gasteiger partial charge in [0.2, 0.25) is 0 Å². The van der Waals surface area contributed by atoms with E-state index in [9.17, 15) is 5.11 Å². The third kappa shape index (κ3) is 2.88. The molecule has 0 heterocycles. The lowest BCUT2D eigenvalue weighted by Crippen LogP contribution is -2.47. The first-order valence-corrected chi connectivity index (χ1v) is 6.74. The highest BCUT2D eigenvalue weighted by atomic mass is 16.3. The number of nitrogens with one attached hydrogen (secondary N) is 1. The summed E-state index contributed by atoms with van der Waals surface area (Å²) < 4.78 is 0. The molecule has 0 saturated heterocycles. The summed E-state index contributed by atoms with van der Waals surface area (Å²) in [5, 5.41) is 14.2. The van der Waals surface area contributed by atoms with Gasteiger partial charge in [-0.1, -0.05) is 50.1 Å². The highest BCUT2D eigenvalue weighted by molar-refractivity contribution is 5.24. The van der Waals surface area contributed by atoms with Crippen molar-refractivity contribution in [2.24, 2.45) is 0 Å². The Bertz CT molecular complexity index is 338. The third-order valence-corrected chi connectivity index (χ3v) is 3.88. The molecule has 1 aliphatic rings. The molecule has 1 saturated carbocycles. The Kier molecular flexibility index (Phi) is 4.19. The van der Waals surface area contributed by atoms with Crippen LogP contribution in [-0.2, 0) is 0 Å². The zero-order valence-corrected chi connectivity index (χ0v) is 10.7. The van der Waals surface area contributed by atoms with Gasteiger partial charge in [0.1, 0.15) is 0 Å². The van der Waals surface area contributed by atoms with Crippen molar-refractivity contribution in [3.05, 3.63) is 35.9 Å². The van der Waals surface area contributed by atoms with E-state index in [1.807, 2.05) is 6.07 Å². The lowest BCUT2D eigenvalue weighted by atomic mass is 9.72. The molecule has 2 nitrogen and oxygen atoms in total. The highest BCUT2D eigenvalue weighted by Gasteiger charge is 2.39. The molecule has 1 aromatic rings. The van der Waals surface area contributed by atoms with Gasteiger partial charge in [-0.05, 0) is 24.9 Å². The molecular formula is C15H23NO. The first kappa shape index (κ1) is 12.6. The van der Waals surface area contributed by atoms with E-state index in [0.717, 1.165) is 25.8 Å². The van der Waals surface area contributed by atoms with Crippen LogP contribution in [0.2, 0.25) is 0 Å². The molecule has 0 aromatic heterocycles. The van der Waals surface area contributed by atoms with Crippen LogP contribution < -0.4 is 5.32 Å². The Morgan fingerprint density at radius 1 is 1.29 bits per heavy atom. The molecule has 0 spiro atoms. The SMILES string of the molecule is CCNCC1(O)CCCCC1c1ccccc1. The Morgan fingerprint density at radius 3 is 2.76 bits per heavy atom. The number of hydrogen-bond acceptors (Lipinski definition) is 2. The zero-order valence-electron chi connectivity index (χ0n) is 10.7. The van der Waals surface area contributed by atoms with Gasteiger partial charge in [-0.2, -0.15) is 0 Å². The van der Waals surface area contributed by atoms with E-state index in [1.54, 1.807) is 0 Å². The predicted molar refractivity (Wildman–Crippen MR) is 71.1 cm³/mol. The second-order valence-electron chi connectivity index (χ2n) is 5.09. The molecule has 17 heavy (non-hydrogen) atoms. The maximum absolute atomic E-state index is 10.9. The molecule has 2 atom stereocenters. The van der Waals surface area contributed by atoms with E-state index in [0.29, 0.717) is 6.54 Å². The van der Waals surface area contributed by atoms with E-state index < -0.39 is 5.60 Å². The van der Waals surface area contributed by atoms with Gasteiger partial charge in [-0.15, -0.1) is 0 Å². The molecule has 2 unspecified atom stereocenters. The number of rotatable bonds is 4. The molecule has 2 rings (SSSR count). The monoisotopic (exact) mass is 233 g/mol. The summed E-state index contributed by atoms with van der Waals surface area (Å²) in [5.74, 6) is 0.288. The summed E-state index contributed by atoms with van der Waals surface area (Å²) in [6.07, 6.45) is 4.39. The Labute approximate surface area is 104 Å². The Hall–Kier alpha value is -0.860. The van der Waals surface area contributed by atoms with E-state index >= 15 is 0 Å². The first-order valence-electron chi connectivity index (χ1n) is 6.74. The maximum atomic E-state index is 10.9. The smallest absolute Gasteiger partial charge is 0.0839 e. The molecule has 1 aromatic carbocycles. The molecule has 0 radical (unpaired) electrons. The lowest BCUT2D eigenvalue weighted by molar-refractivity contribution is -0.0154. The third-order valence-electron chi connectivity index (χ3n) is 3.88. The Morgan fingerprint density at radius 2 is 2.06 bits per heavy atom. The minimum absolute atomic E-state index is 0.288. The van der Waals surface area contributed by atoms with Gasteiger partial charge in [0, 0.05) is 12.5 Å². The molecule has 1 fully saturated rings. The zero-order chi connectivity index (χ0) is 12.1. The van der Waals surface area contributed by atoms with Crippen molar-refractivity contribution in [2.75, 3.05) is 13.1 Å². The van der Waals surface area contributed by atoms with Crippen LogP contribution in [0, 0.1) is 0 Å². The van der Waals surface area contributed by atoms with Crippen LogP contribution in [0.1, 0.15) is 44.1 Å². The van der Waals surface area contributed by atoms with E-state index in [-0.39, 0.29) is 5.92 Å². The van der Waals surface area contributed by atoms with Crippen LogP contribution >= 0.6 is 0 Å². The molecular weight excluding hydrogens is 210 g/mol. The average molecular weight is 233 g/mol. The lowest BCUT2D eigenvalue weighted by Gasteiger charge is -2.40. The van der Waals surface area contributed by atoms with Gasteiger partial charge in [0.25, 0.3) is 0 Å². The summed E-state index contributed by atoms with van der Waals surface area (Å²) in [5.41, 5.74) is 0.725. The van der Waals surface area contributed by atoms with Gasteiger partial charge in [0.05, 0.1) is 5.60 Å². The van der Waals surface area contributed by atoms with Crippen molar-refractivity contribution in [3.8, 4) is 0 Å². The van der Waals surface area contributed by atoms with Crippen molar-refractivity contribution in [1.29, 1.82) is 0 Å². The fourth-order valence-corrected chi connectivity index (χ4v) is 2.94. The number of aliphatic hydroxyl groups is 1. The predicted octanol–water partition coefficient (Wildman–Crippen LogP) is 2.68. The molecule has 94 valence electrons. The minimum atomic E-state index is -0.560. The number of hydrogen-bond donors (Lipinski definition) is 2. The standard InChI is InChI=1S/C15H23NO/c1-2-16-12-15(17)11-7-6-10-14(15)13-8-4-3-5-9-13/h3-5,8-9,14,16-17H,2,6-7,10-12H2,1H3. The van der Waals surface area contributed by atoms with Crippen molar-refractivity contribution < 1.29 is 5.11 Å². The number of benzene rings is 1. The molecule has 0 aliphatic heterocycles. The van der Waals surface area contributed by atoms with E-state index in [4.69, 9.17) is 0 Å². The van der Waals surface area contributed by atoms with Crippen LogP contribution in [0.25, 0.3) is 0 Å². The van der Waals surface area contributed by atoms with Crippen LogP contribution in [0.3, 0.4) is 0 Å². The minimum Gasteiger partial charge on any atom is -0.388 e. The van der Waals surface area contributed by atoms with Crippen molar-refractivity contribution in [3.63, 3.8) is 0 Å². The van der Waals surface area contributed by atoms with Crippen molar-refractivity contribution in [1.82, 2.24) is 5.32 Å². The molecule has 2 heteroatoms. The molecule has 0 amide bonds. The number of likely N-dealkylation sites (N-methyl/N-ethyl adjacent to an activating group) is 1. The quantitative estimate of drug-likeness (QED) is 0.838. The first-order chi connectivity index (χ1) is 8.26. The molecule has 2 N–H and O–H groups in total. The van der Waals surface area contributed by atoms with Gasteiger partial charge < -0.3 is 10.4 Å². The van der Waals surface area contributed by atoms with Gasteiger partial charge in [-0.3, -0.25) is 0 Å². The van der Waals surface area contributed by atoms with E-state index in [1.165, 1.54) is 12.0 Å². The fraction of sp³-hybridized carbons (Fsp3) is 0.600. The van der Waals surface area contributed by atoms with Gasteiger partial charge >= 0.3 is 0 Å². The van der Waals surface area contributed by atoms with Gasteiger partial charge in [-0.25, -0.2) is 0 Å². The summed E-state index contributed by atoms with van der Waals surface area (Å²) in [7, 11) is 0.